The highest BCUT2D eigenvalue weighted by Gasteiger charge is 2.42. The lowest BCUT2D eigenvalue weighted by atomic mass is 9.91. The summed E-state index contributed by atoms with van der Waals surface area (Å²) in [6.45, 7) is 2.33. The normalized spacial score (nSPS) is 16.0. The number of aromatic nitrogens is 1. The van der Waals surface area contributed by atoms with Gasteiger partial charge in [0.25, 0.3) is 0 Å². The van der Waals surface area contributed by atoms with Gasteiger partial charge in [0.05, 0.1) is 44.6 Å². The molecule has 0 bridgehead atoms. The number of thioether (sulfide) groups is 1. The molecule has 3 aromatic rings. The second kappa shape index (κ2) is 12.7. The predicted molar refractivity (Wildman–Crippen MR) is 158 cm³/mol. The van der Waals surface area contributed by atoms with Gasteiger partial charge in [-0.1, -0.05) is 54.2 Å². The summed E-state index contributed by atoms with van der Waals surface area (Å²) in [5.74, 6) is 0.437. The van der Waals surface area contributed by atoms with Crippen molar-refractivity contribution in [3.8, 4) is 11.5 Å². The van der Waals surface area contributed by atoms with Crippen LogP contribution in [0.15, 0.2) is 94.7 Å². The number of nitrogens with zero attached hydrogens (tertiary/aromatic N) is 3. The number of fused-ring (bicyclic) bond motifs is 1. The van der Waals surface area contributed by atoms with Crippen LogP contribution >= 0.6 is 11.8 Å². The molecule has 0 spiro atoms. The molecule has 10 heteroatoms. The van der Waals surface area contributed by atoms with E-state index in [1.807, 2.05) is 64.9 Å². The second-order valence-corrected chi connectivity index (χ2v) is 10.0. The zero-order chi connectivity index (χ0) is 28.8. The molecule has 2 aliphatic heterocycles. The Balaban J connectivity index is 1.57. The minimum Gasteiger partial charge on any atom is -0.493 e. The third-order valence-electron chi connectivity index (χ3n) is 6.63. The third-order valence-corrected chi connectivity index (χ3v) is 7.52. The molecule has 0 aliphatic carbocycles. The average Bonchev–Trinajstić information content (AvgIpc) is 3.41. The van der Waals surface area contributed by atoms with Crippen molar-refractivity contribution in [3.05, 3.63) is 106 Å². The molecule has 1 aromatic heterocycles. The van der Waals surface area contributed by atoms with E-state index >= 15 is 0 Å². The van der Waals surface area contributed by atoms with Crippen LogP contribution in [0.1, 0.15) is 36.1 Å². The Kier molecular flexibility index (Phi) is 8.69. The Bertz CT molecular complexity index is 1520. The number of ether oxygens (including phenoxy) is 3. The minimum atomic E-state index is -0.635. The van der Waals surface area contributed by atoms with Crippen LogP contribution in [0.5, 0.6) is 11.5 Å². The second-order valence-electron chi connectivity index (χ2n) is 9.17. The van der Waals surface area contributed by atoms with Crippen molar-refractivity contribution in [1.29, 1.82) is 0 Å². The molecule has 2 aromatic carbocycles. The number of amides is 1. The van der Waals surface area contributed by atoms with Crippen LogP contribution < -0.4 is 14.8 Å². The summed E-state index contributed by atoms with van der Waals surface area (Å²) in [5, 5.41) is 5.53. The summed E-state index contributed by atoms with van der Waals surface area (Å²) in [4.78, 5) is 37.7. The van der Waals surface area contributed by atoms with Crippen LogP contribution in [0.2, 0.25) is 0 Å². The maximum Gasteiger partial charge on any atom is 0.338 e. The number of nitrogens with one attached hydrogen (secondary N) is 1. The van der Waals surface area contributed by atoms with Gasteiger partial charge in [-0.05, 0) is 41.7 Å². The van der Waals surface area contributed by atoms with E-state index in [-0.39, 0.29) is 18.9 Å². The summed E-state index contributed by atoms with van der Waals surface area (Å²) < 4.78 is 16.6. The summed E-state index contributed by atoms with van der Waals surface area (Å²) in [6, 6.07) is 18.2. The number of rotatable bonds is 10. The summed E-state index contributed by atoms with van der Waals surface area (Å²) in [6.07, 6.45) is 3.50. The molecule has 0 radical (unpaired) electrons. The van der Waals surface area contributed by atoms with Crippen molar-refractivity contribution < 1.29 is 23.8 Å². The fraction of sp³-hybridized carbons (Fsp3) is 0.226. The smallest absolute Gasteiger partial charge is 0.338 e. The van der Waals surface area contributed by atoms with Gasteiger partial charge in [0.15, 0.2) is 16.7 Å². The monoisotopic (exact) mass is 570 g/mol. The van der Waals surface area contributed by atoms with Crippen LogP contribution in [-0.2, 0) is 20.9 Å². The van der Waals surface area contributed by atoms with E-state index in [4.69, 9.17) is 19.2 Å². The Morgan fingerprint density at radius 1 is 1.02 bits per heavy atom. The number of pyridine rings is 1. The largest absolute Gasteiger partial charge is 0.493 e. The molecule has 3 heterocycles. The molecule has 0 unspecified atom stereocenters. The zero-order valence-corrected chi connectivity index (χ0v) is 23.8. The van der Waals surface area contributed by atoms with E-state index in [2.05, 4.69) is 10.3 Å². The van der Waals surface area contributed by atoms with Gasteiger partial charge in [0.2, 0.25) is 5.91 Å². The molecular weight excluding hydrogens is 540 g/mol. The summed E-state index contributed by atoms with van der Waals surface area (Å²) in [5.41, 5.74) is 4.06. The molecule has 0 saturated heterocycles. The number of hydrogen-bond donors (Lipinski definition) is 1. The topological polar surface area (TPSA) is 102 Å². The minimum absolute atomic E-state index is 0.0901. The molecule has 210 valence electrons. The Hall–Kier alpha value is -4.57. The van der Waals surface area contributed by atoms with Gasteiger partial charge in [-0.25, -0.2) is 9.79 Å². The van der Waals surface area contributed by atoms with Gasteiger partial charge < -0.3 is 24.4 Å². The van der Waals surface area contributed by atoms with E-state index in [9.17, 15) is 9.59 Å². The van der Waals surface area contributed by atoms with Crippen LogP contribution in [0.3, 0.4) is 0 Å². The molecule has 1 amide bonds. The SMILES string of the molecule is CCOC(=O)C1=C(c2ccccc2)N=C2SC=C(CC(=O)NCc3cccnc3)N2[C@H]1c1ccc(OC)c(OC)c1. The van der Waals surface area contributed by atoms with Crippen molar-refractivity contribution in [2.45, 2.75) is 25.9 Å². The van der Waals surface area contributed by atoms with Crippen molar-refractivity contribution in [3.63, 3.8) is 0 Å². The van der Waals surface area contributed by atoms with Gasteiger partial charge >= 0.3 is 5.97 Å². The van der Waals surface area contributed by atoms with E-state index in [0.29, 0.717) is 40.2 Å². The Labute approximate surface area is 242 Å². The number of amidine groups is 1. The lowest BCUT2D eigenvalue weighted by Crippen LogP contribution is -2.38. The lowest BCUT2D eigenvalue weighted by Gasteiger charge is -2.37. The fourth-order valence-corrected chi connectivity index (χ4v) is 5.68. The quantitative estimate of drug-likeness (QED) is 0.337. The van der Waals surface area contributed by atoms with Crippen molar-refractivity contribution in [2.24, 2.45) is 4.99 Å². The number of benzene rings is 2. The molecule has 2 aliphatic rings. The number of aliphatic imine (C=N–C) groups is 1. The molecule has 5 rings (SSSR count). The van der Waals surface area contributed by atoms with Crippen LogP contribution in [0, 0.1) is 0 Å². The van der Waals surface area contributed by atoms with Gasteiger partial charge in [-0.2, -0.15) is 0 Å². The molecular formula is C31H30N4O5S. The van der Waals surface area contributed by atoms with Crippen LogP contribution in [-0.4, -0.2) is 47.8 Å². The standard InChI is InChI=1S/C31H30N4O5S/c1-4-40-30(37)27-28(21-10-6-5-7-11-21)34-31-35(29(27)22-12-13-24(38-2)25(15-22)39-3)23(19-41-31)16-26(36)33-18-20-9-8-14-32-17-20/h5-15,17,19,29H,4,16,18H2,1-3H3,(H,33,36)/t29-/m0/s1. The first-order valence-electron chi connectivity index (χ1n) is 13.1. The van der Waals surface area contributed by atoms with Gasteiger partial charge in [0, 0.05) is 30.2 Å². The highest BCUT2D eigenvalue weighted by atomic mass is 32.2. The summed E-state index contributed by atoms with van der Waals surface area (Å²) >= 11 is 1.41. The Morgan fingerprint density at radius 2 is 1.83 bits per heavy atom. The molecule has 1 N–H and O–H groups in total. The third kappa shape index (κ3) is 5.97. The molecule has 0 fully saturated rings. The Morgan fingerprint density at radius 3 is 2.54 bits per heavy atom. The molecule has 1 atom stereocenters. The van der Waals surface area contributed by atoms with Gasteiger partial charge in [-0.15, -0.1) is 0 Å². The van der Waals surface area contributed by atoms with E-state index in [1.165, 1.54) is 11.8 Å². The number of carbonyl (C=O) groups excluding carboxylic acids is 2. The van der Waals surface area contributed by atoms with Gasteiger partial charge in [0.1, 0.15) is 0 Å². The van der Waals surface area contributed by atoms with Crippen molar-refractivity contribution in [2.75, 3.05) is 20.8 Å². The zero-order valence-electron chi connectivity index (χ0n) is 23.0. The summed E-state index contributed by atoms with van der Waals surface area (Å²) in [7, 11) is 3.14. The average molecular weight is 571 g/mol. The number of methoxy groups -OCH3 is 2. The fourth-order valence-electron chi connectivity index (χ4n) is 4.76. The number of esters is 1. The molecule has 41 heavy (non-hydrogen) atoms. The van der Waals surface area contributed by atoms with Crippen LogP contribution in [0.25, 0.3) is 5.70 Å². The van der Waals surface area contributed by atoms with Crippen molar-refractivity contribution in [1.82, 2.24) is 15.2 Å². The van der Waals surface area contributed by atoms with Crippen molar-refractivity contribution >= 4 is 34.5 Å². The lowest BCUT2D eigenvalue weighted by molar-refractivity contribution is -0.139. The first-order chi connectivity index (χ1) is 20.0. The molecule has 9 nitrogen and oxygen atoms in total. The van der Waals surface area contributed by atoms with E-state index in [1.54, 1.807) is 39.6 Å². The number of hydrogen-bond acceptors (Lipinski definition) is 9. The van der Waals surface area contributed by atoms with Crippen LogP contribution in [0.4, 0.5) is 0 Å². The first-order valence-corrected chi connectivity index (χ1v) is 14.0. The highest BCUT2D eigenvalue weighted by molar-refractivity contribution is 8.16. The highest BCUT2D eigenvalue weighted by Crippen LogP contribution is 2.48. The predicted octanol–water partition coefficient (Wildman–Crippen LogP) is 5.08. The number of carbonyl (C=O) groups is 2. The van der Waals surface area contributed by atoms with E-state index in [0.717, 1.165) is 16.7 Å². The van der Waals surface area contributed by atoms with E-state index < -0.39 is 12.0 Å². The maximum atomic E-state index is 13.7. The maximum absolute atomic E-state index is 13.7. The molecule has 0 saturated carbocycles. The first kappa shape index (κ1) is 28.0. The van der Waals surface area contributed by atoms with Gasteiger partial charge in [-0.3, -0.25) is 9.78 Å².